The molecule has 0 aliphatic heterocycles. The predicted molar refractivity (Wildman–Crippen MR) is 80.2 cm³/mol. The Bertz CT molecular complexity index is 674. The van der Waals surface area contributed by atoms with E-state index in [0.29, 0.717) is 27.5 Å². The molecule has 1 aromatic heterocycles. The molecule has 0 atom stereocenters. The lowest BCUT2D eigenvalue weighted by atomic mass is 10.1. The van der Waals surface area contributed by atoms with Crippen LogP contribution in [0.4, 0.5) is 0 Å². The van der Waals surface area contributed by atoms with Gasteiger partial charge in [-0.2, -0.15) is 0 Å². The van der Waals surface area contributed by atoms with Crippen molar-refractivity contribution in [2.75, 3.05) is 14.2 Å². The Morgan fingerprint density at radius 1 is 1.35 bits per heavy atom. The van der Waals surface area contributed by atoms with Crippen LogP contribution in [0.15, 0.2) is 18.2 Å². The van der Waals surface area contributed by atoms with Crippen molar-refractivity contribution in [2.45, 2.75) is 13.3 Å². The molecule has 1 heterocycles. The van der Waals surface area contributed by atoms with Crippen LogP contribution in [0.1, 0.15) is 23.0 Å². The van der Waals surface area contributed by atoms with Gasteiger partial charge in [0, 0.05) is 12.4 Å². The van der Waals surface area contributed by atoms with Crippen molar-refractivity contribution in [1.29, 1.82) is 0 Å². The fourth-order valence-corrected chi connectivity index (χ4v) is 2.45. The minimum absolute atomic E-state index is 0.319. The molecule has 20 heavy (non-hydrogen) atoms. The van der Waals surface area contributed by atoms with Crippen molar-refractivity contribution in [2.24, 2.45) is 0 Å². The number of rotatable bonds is 3. The summed E-state index contributed by atoms with van der Waals surface area (Å²) in [5.74, 6) is -0.347. The highest BCUT2D eigenvalue weighted by Gasteiger charge is 2.20. The first kappa shape index (κ1) is 15.0. The minimum atomic E-state index is -0.347. The molecule has 0 spiro atoms. The van der Waals surface area contributed by atoms with Crippen LogP contribution >= 0.6 is 23.2 Å². The van der Waals surface area contributed by atoms with E-state index in [2.05, 4.69) is 4.98 Å². The van der Waals surface area contributed by atoms with Crippen LogP contribution in [-0.2, 0) is 11.3 Å². The molecule has 6 heteroatoms. The standard InChI is InChI=1S/C14H14Cl2N2O2/c1-4-11-10(16)7-8-5-6-9(15)12(13(8)17-11)14(19)18(2)20-3/h5-7H,4H2,1-3H3. The summed E-state index contributed by atoms with van der Waals surface area (Å²) in [5, 5.41) is 2.80. The largest absolute Gasteiger partial charge is 0.280 e. The zero-order valence-electron chi connectivity index (χ0n) is 11.4. The first-order valence-corrected chi connectivity index (χ1v) is 6.85. The topological polar surface area (TPSA) is 42.4 Å². The molecule has 1 aromatic carbocycles. The Hall–Kier alpha value is -1.36. The summed E-state index contributed by atoms with van der Waals surface area (Å²) in [4.78, 5) is 21.7. The van der Waals surface area contributed by atoms with E-state index < -0.39 is 0 Å². The van der Waals surface area contributed by atoms with Gasteiger partial charge < -0.3 is 0 Å². The van der Waals surface area contributed by atoms with Crippen LogP contribution < -0.4 is 0 Å². The van der Waals surface area contributed by atoms with Gasteiger partial charge in [0.05, 0.1) is 33.9 Å². The number of aromatic nitrogens is 1. The van der Waals surface area contributed by atoms with Crippen LogP contribution in [0.5, 0.6) is 0 Å². The number of hydrogen-bond acceptors (Lipinski definition) is 3. The number of hydrogen-bond donors (Lipinski definition) is 0. The van der Waals surface area contributed by atoms with E-state index in [1.807, 2.05) is 6.92 Å². The number of aryl methyl sites for hydroxylation is 1. The second-order valence-corrected chi connectivity index (χ2v) is 5.06. The maximum atomic E-state index is 12.3. The lowest BCUT2D eigenvalue weighted by Crippen LogP contribution is -2.26. The van der Waals surface area contributed by atoms with Crippen molar-refractivity contribution < 1.29 is 9.63 Å². The normalized spacial score (nSPS) is 10.8. The number of carbonyl (C=O) groups is 1. The maximum absolute atomic E-state index is 12.3. The summed E-state index contributed by atoms with van der Waals surface area (Å²) in [5.41, 5.74) is 1.59. The molecule has 106 valence electrons. The summed E-state index contributed by atoms with van der Waals surface area (Å²) in [6.45, 7) is 1.95. The lowest BCUT2D eigenvalue weighted by molar-refractivity contribution is -0.0755. The first-order valence-electron chi connectivity index (χ1n) is 6.09. The molecule has 0 radical (unpaired) electrons. The smallest absolute Gasteiger partial charge is 0.274 e. The molecule has 0 saturated carbocycles. The molecule has 2 aromatic rings. The summed E-state index contributed by atoms with van der Waals surface area (Å²) < 4.78 is 0. The highest BCUT2D eigenvalue weighted by atomic mass is 35.5. The van der Waals surface area contributed by atoms with Gasteiger partial charge in [0.1, 0.15) is 0 Å². The highest BCUT2D eigenvalue weighted by molar-refractivity contribution is 6.36. The average Bonchev–Trinajstić information content (AvgIpc) is 2.45. The van der Waals surface area contributed by atoms with Gasteiger partial charge in [-0.25, -0.2) is 5.06 Å². The Kier molecular flexibility index (Phi) is 4.48. The number of benzene rings is 1. The number of hydroxylamine groups is 2. The van der Waals surface area contributed by atoms with Gasteiger partial charge in [0.25, 0.3) is 5.91 Å². The van der Waals surface area contributed by atoms with Gasteiger partial charge >= 0.3 is 0 Å². The molecule has 0 aliphatic carbocycles. The molecule has 4 nitrogen and oxygen atoms in total. The van der Waals surface area contributed by atoms with Crippen LogP contribution in [0.25, 0.3) is 10.9 Å². The van der Waals surface area contributed by atoms with E-state index in [9.17, 15) is 4.79 Å². The van der Waals surface area contributed by atoms with Crippen LogP contribution in [0.2, 0.25) is 10.0 Å². The van der Waals surface area contributed by atoms with E-state index >= 15 is 0 Å². The van der Waals surface area contributed by atoms with Gasteiger partial charge in [0.15, 0.2) is 0 Å². The number of carbonyl (C=O) groups excluding carboxylic acids is 1. The van der Waals surface area contributed by atoms with Crippen LogP contribution in [-0.4, -0.2) is 30.1 Å². The Morgan fingerprint density at radius 3 is 2.65 bits per heavy atom. The van der Waals surface area contributed by atoms with Crippen molar-refractivity contribution in [3.05, 3.63) is 39.5 Å². The molecule has 1 amide bonds. The van der Waals surface area contributed by atoms with Crippen molar-refractivity contribution in [3.8, 4) is 0 Å². The monoisotopic (exact) mass is 312 g/mol. The van der Waals surface area contributed by atoms with Gasteiger partial charge in [-0.15, -0.1) is 0 Å². The number of fused-ring (bicyclic) bond motifs is 1. The maximum Gasteiger partial charge on any atom is 0.280 e. The van der Waals surface area contributed by atoms with Crippen molar-refractivity contribution in [1.82, 2.24) is 10.0 Å². The third kappa shape index (κ3) is 2.59. The van der Waals surface area contributed by atoms with E-state index in [4.69, 9.17) is 28.0 Å². The number of nitrogens with zero attached hydrogens (tertiary/aromatic N) is 2. The van der Waals surface area contributed by atoms with Gasteiger partial charge in [0.2, 0.25) is 0 Å². The molecular weight excluding hydrogens is 299 g/mol. The quantitative estimate of drug-likeness (QED) is 0.811. The molecule has 0 aliphatic rings. The van der Waals surface area contributed by atoms with Crippen molar-refractivity contribution in [3.63, 3.8) is 0 Å². The van der Waals surface area contributed by atoms with Gasteiger partial charge in [-0.1, -0.05) is 36.2 Å². The average molecular weight is 313 g/mol. The highest BCUT2D eigenvalue weighted by Crippen LogP contribution is 2.29. The zero-order chi connectivity index (χ0) is 14.9. The van der Waals surface area contributed by atoms with Crippen LogP contribution in [0, 0.1) is 0 Å². The first-order chi connectivity index (χ1) is 9.49. The van der Waals surface area contributed by atoms with Gasteiger partial charge in [-0.3, -0.25) is 14.6 Å². The molecule has 0 bridgehead atoms. The van der Waals surface area contributed by atoms with E-state index in [1.54, 1.807) is 18.2 Å². The molecule has 0 unspecified atom stereocenters. The fourth-order valence-electron chi connectivity index (χ4n) is 1.92. The SMILES string of the molecule is CCc1nc2c(C(=O)N(C)OC)c(Cl)ccc2cc1Cl. The fraction of sp³-hybridized carbons (Fsp3) is 0.286. The number of halogens is 2. The van der Waals surface area contributed by atoms with E-state index in [1.165, 1.54) is 14.2 Å². The van der Waals surface area contributed by atoms with Crippen molar-refractivity contribution >= 4 is 40.0 Å². The van der Waals surface area contributed by atoms with Crippen LogP contribution in [0.3, 0.4) is 0 Å². The lowest BCUT2D eigenvalue weighted by Gasteiger charge is -2.16. The molecule has 2 rings (SSSR count). The molecular formula is C14H14Cl2N2O2. The molecule has 0 N–H and O–H groups in total. The zero-order valence-corrected chi connectivity index (χ0v) is 12.9. The third-order valence-corrected chi connectivity index (χ3v) is 3.71. The third-order valence-electron chi connectivity index (χ3n) is 3.07. The van der Waals surface area contributed by atoms with Gasteiger partial charge in [-0.05, 0) is 18.6 Å². The second-order valence-electron chi connectivity index (χ2n) is 4.25. The van der Waals surface area contributed by atoms with E-state index in [0.717, 1.165) is 16.1 Å². The minimum Gasteiger partial charge on any atom is -0.274 e. The molecule has 0 fully saturated rings. The van der Waals surface area contributed by atoms with E-state index in [-0.39, 0.29) is 5.91 Å². The Morgan fingerprint density at radius 2 is 2.05 bits per heavy atom. The number of pyridine rings is 1. The summed E-state index contributed by atoms with van der Waals surface area (Å²) in [7, 11) is 2.94. The Labute approximate surface area is 127 Å². The number of amides is 1. The Balaban J connectivity index is 2.74. The molecule has 0 saturated heterocycles. The summed E-state index contributed by atoms with van der Waals surface area (Å²) in [6, 6.07) is 5.24. The summed E-state index contributed by atoms with van der Waals surface area (Å²) >= 11 is 12.3. The predicted octanol–water partition coefficient (Wildman–Crippen LogP) is 3.74. The summed E-state index contributed by atoms with van der Waals surface area (Å²) in [6.07, 6.45) is 0.676. The second kappa shape index (κ2) is 5.95.